The number of carbonyl (C=O) groups excluding carboxylic acids is 2. The second-order valence-electron chi connectivity index (χ2n) is 5.35. The Kier molecular flexibility index (Phi) is 7.91. The molecule has 0 unspecified atom stereocenters. The molecule has 1 heterocycles. The lowest BCUT2D eigenvalue weighted by Crippen LogP contribution is -2.46. The summed E-state index contributed by atoms with van der Waals surface area (Å²) in [6.07, 6.45) is 2.19. The van der Waals surface area contributed by atoms with Crippen LogP contribution in [0.4, 0.5) is 0 Å². The standard InChI is InChI=1S/C16H23N3O2.ClH/c1-17-10-7-15(20)19-11-8-14(9-12-19)18-16(21)13-5-3-2-4-6-13;/h2-6,14,17H,7-12H2,1H3,(H,18,21);1H. The first kappa shape index (κ1) is 18.5. The minimum atomic E-state index is -0.0319. The van der Waals surface area contributed by atoms with E-state index in [1.165, 1.54) is 0 Å². The summed E-state index contributed by atoms with van der Waals surface area (Å²) >= 11 is 0. The van der Waals surface area contributed by atoms with Gasteiger partial charge in [-0.2, -0.15) is 0 Å². The van der Waals surface area contributed by atoms with Crippen LogP contribution in [0.25, 0.3) is 0 Å². The molecule has 122 valence electrons. The molecular weight excluding hydrogens is 302 g/mol. The van der Waals surface area contributed by atoms with Gasteiger partial charge in [0.2, 0.25) is 5.91 Å². The van der Waals surface area contributed by atoms with E-state index < -0.39 is 0 Å². The molecule has 1 aromatic carbocycles. The molecule has 2 N–H and O–H groups in total. The van der Waals surface area contributed by atoms with Crippen LogP contribution in [0.15, 0.2) is 30.3 Å². The Hall–Kier alpha value is -1.59. The van der Waals surface area contributed by atoms with E-state index in [9.17, 15) is 9.59 Å². The lowest BCUT2D eigenvalue weighted by Gasteiger charge is -2.32. The third kappa shape index (κ3) is 5.31. The van der Waals surface area contributed by atoms with Crippen molar-refractivity contribution >= 4 is 24.2 Å². The molecule has 0 aliphatic carbocycles. The molecule has 0 radical (unpaired) electrons. The largest absolute Gasteiger partial charge is 0.349 e. The molecule has 0 aromatic heterocycles. The number of likely N-dealkylation sites (tertiary alicyclic amines) is 1. The lowest BCUT2D eigenvalue weighted by atomic mass is 10.0. The summed E-state index contributed by atoms with van der Waals surface area (Å²) in [6.45, 7) is 2.16. The molecule has 5 nitrogen and oxygen atoms in total. The van der Waals surface area contributed by atoms with Crippen LogP contribution in [0, 0.1) is 0 Å². The maximum Gasteiger partial charge on any atom is 0.251 e. The van der Waals surface area contributed by atoms with E-state index in [1.807, 2.05) is 42.3 Å². The van der Waals surface area contributed by atoms with Gasteiger partial charge in [0, 0.05) is 37.7 Å². The van der Waals surface area contributed by atoms with Crippen molar-refractivity contribution in [3.8, 4) is 0 Å². The number of hydrogen-bond acceptors (Lipinski definition) is 3. The highest BCUT2D eigenvalue weighted by Gasteiger charge is 2.23. The molecule has 2 amide bonds. The number of carbonyl (C=O) groups is 2. The quantitative estimate of drug-likeness (QED) is 0.861. The highest BCUT2D eigenvalue weighted by Crippen LogP contribution is 2.12. The van der Waals surface area contributed by atoms with Gasteiger partial charge in [-0.05, 0) is 32.0 Å². The zero-order valence-corrected chi connectivity index (χ0v) is 13.7. The zero-order valence-electron chi connectivity index (χ0n) is 12.9. The van der Waals surface area contributed by atoms with Crippen LogP contribution in [-0.2, 0) is 4.79 Å². The fourth-order valence-corrected chi connectivity index (χ4v) is 2.52. The van der Waals surface area contributed by atoms with Crippen LogP contribution in [0.3, 0.4) is 0 Å². The van der Waals surface area contributed by atoms with E-state index in [1.54, 1.807) is 0 Å². The van der Waals surface area contributed by atoms with Gasteiger partial charge in [-0.15, -0.1) is 12.4 Å². The molecule has 0 bridgehead atoms. The smallest absolute Gasteiger partial charge is 0.251 e. The molecule has 0 spiro atoms. The number of rotatable bonds is 5. The van der Waals surface area contributed by atoms with E-state index in [-0.39, 0.29) is 30.3 Å². The minimum absolute atomic E-state index is 0. The van der Waals surface area contributed by atoms with Gasteiger partial charge < -0.3 is 15.5 Å². The fraction of sp³-hybridized carbons (Fsp3) is 0.500. The topological polar surface area (TPSA) is 61.4 Å². The Morgan fingerprint density at radius 2 is 1.82 bits per heavy atom. The molecule has 1 aliphatic heterocycles. The summed E-state index contributed by atoms with van der Waals surface area (Å²) in [5.41, 5.74) is 0.685. The number of amides is 2. The van der Waals surface area contributed by atoms with Crippen molar-refractivity contribution in [2.24, 2.45) is 0 Å². The first-order chi connectivity index (χ1) is 10.2. The molecule has 1 aromatic rings. The van der Waals surface area contributed by atoms with Gasteiger partial charge in [0.05, 0.1) is 0 Å². The molecule has 1 saturated heterocycles. The van der Waals surface area contributed by atoms with Crippen molar-refractivity contribution in [1.29, 1.82) is 0 Å². The minimum Gasteiger partial charge on any atom is -0.349 e. The average Bonchev–Trinajstić information content (AvgIpc) is 2.54. The summed E-state index contributed by atoms with van der Waals surface area (Å²) < 4.78 is 0. The third-order valence-electron chi connectivity index (χ3n) is 3.81. The van der Waals surface area contributed by atoms with Gasteiger partial charge in [-0.3, -0.25) is 9.59 Å². The van der Waals surface area contributed by atoms with Gasteiger partial charge in [-0.25, -0.2) is 0 Å². The average molecular weight is 326 g/mol. The van der Waals surface area contributed by atoms with Crippen molar-refractivity contribution in [3.05, 3.63) is 35.9 Å². The molecular formula is C16H24ClN3O2. The number of piperidine rings is 1. The van der Waals surface area contributed by atoms with Crippen molar-refractivity contribution in [1.82, 2.24) is 15.5 Å². The highest BCUT2D eigenvalue weighted by atomic mass is 35.5. The Morgan fingerprint density at radius 1 is 1.18 bits per heavy atom. The molecule has 1 aliphatic rings. The molecule has 2 rings (SSSR count). The lowest BCUT2D eigenvalue weighted by molar-refractivity contribution is -0.132. The number of nitrogens with zero attached hydrogens (tertiary/aromatic N) is 1. The summed E-state index contributed by atoms with van der Waals surface area (Å²) in [5.74, 6) is 0.160. The van der Waals surface area contributed by atoms with Crippen LogP contribution in [0.5, 0.6) is 0 Å². The van der Waals surface area contributed by atoms with E-state index in [0.29, 0.717) is 18.5 Å². The van der Waals surface area contributed by atoms with Crippen molar-refractivity contribution in [2.75, 3.05) is 26.7 Å². The van der Waals surface area contributed by atoms with Gasteiger partial charge in [-0.1, -0.05) is 18.2 Å². The zero-order chi connectivity index (χ0) is 15.1. The second kappa shape index (κ2) is 9.43. The van der Waals surface area contributed by atoms with Crippen LogP contribution in [0.2, 0.25) is 0 Å². The van der Waals surface area contributed by atoms with Crippen molar-refractivity contribution < 1.29 is 9.59 Å². The Morgan fingerprint density at radius 3 is 2.41 bits per heavy atom. The maximum atomic E-state index is 12.1. The molecule has 22 heavy (non-hydrogen) atoms. The highest BCUT2D eigenvalue weighted by molar-refractivity contribution is 5.94. The van der Waals surface area contributed by atoms with Gasteiger partial charge in [0.25, 0.3) is 5.91 Å². The maximum absolute atomic E-state index is 12.1. The first-order valence-corrected chi connectivity index (χ1v) is 7.49. The summed E-state index contributed by atoms with van der Waals surface area (Å²) in [4.78, 5) is 25.9. The predicted octanol–water partition coefficient (Wildman–Crippen LogP) is 1.44. The van der Waals surface area contributed by atoms with E-state index in [2.05, 4.69) is 10.6 Å². The molecule has 6 heteroatoms. The summed E-state index contributed by atoms with van der Waals surface area (Å²) in [5, 5.41) is 6.03. The van der Waals surface area contributed by atoms with Crippen LogP contribution < -0.4 is 10.6 Å². The second-order valence-corrected chi connectivity index (χ2v) is 5.35. The Labute approximate surface area is 137 Å². The number of benzene rings is 1. The summed E-state index contributed by atoms with van der Waals surface area (Å²) in [7, 11) is 1.85. The SMILES string of the molecule is CNCCC(=O)N1CCC(NC(=O)c2ccccc2)CC1.Cl. The van der Waals surface area contributed by atoms with Crippen LogP contribution in [0.1, 0.15) is 29.6 Å². The molecule has 1 fully saturated rings. The third-order valence-corrected chi connectivity index (χ3v) is 3.81. The van der Waals surface area contributed by atoms with Crippen molar-refractivity contribution in [2.45, 2.75) is 25.3 Å². The first-order valence-electron chi connectivity index (χ1n) is 7.49. The Balaban J connectivity index is 0.00000242. The van der Waals surface area contributed by atoms with E-state index >= 15 is 0 Å². The molecule has 0 saturated carbocycles. The fourth-order valence-electron chi connectivity index (χ4n) is 2.52. The van der Waals surface area contributed by atoms with E-state index in [0.717, 1.165) is 25.9 Å². The van der Waals surface area contributed by atoms with E-state index in [4.69, 9.17) is 0 Å². The molecule has 0 atom stereocenters. The monoisotopic (exact) mass is 325 g/mol. The van der Waals surface area contributed by atoms with Gasteiger partial charge in [0.15, 0.2) is 0 Å². The number of hydrogen-bond donors (Lipinski definition) is 2. The van der Waals surface area contributed by atoms with Crippen molar-refractivity contribution in [3.63, 3.8) is 0 Å². The summed E-state index contributed by atoms with van der Waals surface area (Å²) in [6, 6.07) is 9.39. The number of nitrogens with one attached hydrogen (secondary N) is 2. The predicted molar refractivity (Wildman–Crippen MR) is 89.3 cm³/mol. The van der Waals surface area contributed by atoms with Crippen LogP contribution in [-0.4, -0.2) is 49.4 Å². The Bertz CT molecular complexity index is 474. The van der Waals surface area contributed by atoms with Gasteiger partial charge >= 0.3 is 0 Å². The number of halogens is 1. The van der Waals surface area contributed by atoms with Gasteiger partial charge in [0.1, 0.15) is 0 Å². The van der Waals surface area contributed by atoms with Crippen LogP contribution >= 0.6 is 12.4 Å². The normalized spacial score (nSPS) is 15.0.